The van der Waals surface area contributed by atoms with Gasteiger partial charge in [0.2, 0.25) is 5.95 Å². The minimum Gasteiger partial charge on any atom is -0.333 e. The zero-order valence-corrected chi connectivity index (χ0v) is 15.6. The van der Waals surface area contributed by atoms with Gasteiger partial charge in [0.15, 0.2) is 5.65 Å². The summed E-state index contributed by atoms with van der Waals surface area (Å²) >= 11 is 3.45. The predicted molar refractivity (Wildman–Crippen MR) is 100 cm³/mol. The van der Waals surface area contributed by atoms with Crippen LogP contribution < -0.4 is 4.90 Å². The lowest BCUT2D eigenvalue weighted by Gasteiger charge is -2.56. The molecular weight excluding hydrogens is 380 g/mol. The molecule has 128 valence electrons. The third kappa shape index (κ3) is 2.53. The number of piperazine rings is 1. The summed E-state index contributed by atoms with van der Waals surface area (Å²) in [5.41, 5.74) is 3.06. The van der Waals surface area contributed by atoms with E-state index >= 15 is 0 Å². The van der Waals surface area contributed by atoms with Crippen LogP contribution in [0.5, 0.6) is 0 Å². The van der Waals surface area contributed by atoms with E-state index in [-0.39, 0.29) is 0 Å². The second kappa shape index (κ2) is 5.78. The molecule has 2 atom stereocenters. The molecule has 2 bridgehead atoms. The highest BCUT2D eigenvalue weighted by atomic mass is 79.9. The van der Waals surface area contributed by atoms with Crippen LogP contribution in [0.3, 0.4) is 0 Å². The van der Waals surface area contributed by atoms with Crippen molar-refractivity contribution in [1.29, 1.82) is 0 Å². The number of hydrogen-bond donors (Lipinski definition) is 0. The van der Waals surface area contributed by atoms with E-state index in [0.29, 0.717) is 12.1 Å². The number of pyridine rings is 2. The fraction of sp³-hybridized carbons (Fsp3) is 0.389. The summed E-state index contributed by atoms with van der Waals surface area (Å²) in [6.07, 6.45) is 4.96. The van der Waals surface area contributed by atoms with Crippen molar-refractivity contribution in [3.8, 4) is 0 Å². The summed E-state index contributed by atoms with van der Waals surface area (Å²) in [6, 6.07) is 9.20. The molecule has 0 saturated carbocycles. The van der Waals surface area contributed by atoms with Gasteiger partial charge in [-0.15, -0.1) is 0 Å². The number of aromatic nitrogens is 4. The van der Waals surface area contributed by atoms with E-state index in [4.69, 9.17) is 4.98 Å². The first-order chi connectivity index (χ1) is 12.2. The highest BCUT2D eigenvalue weighted by Crippen LogP contribution is 2.37. The van der Waals surface area contributed by atoms with Crippen LogP contribution in [-0.2, 0) is 13.6 Å². The second-order valence-electron chi connectivity index (χ2n) is 6.93. The number of halogens is 1. The van der Waals surface area contributed by atoms with Crippen LogP contribution in [0.1, 0.15) is 12.1 Å². The molecule has 0 spiro atoms. The van der Waals surface area contributed by atoms with Gasteiger partial charge in [-0.2, -0.15) is 0 Å². The molecule has 3 aliphatic heterocycles. The Morgan fingerprint density at radius 2 is 2.00 bits per heavy atom. The molecular formula is C18H19BrN6. The molecule has 0 aliphatic carbocycles. The van der Waals surface area contributed by atoms with Crippen LogP contribution in [0.25, 0.3) is 11.2 Å². The van der Waals surface area contributed by atoms with Crippen LogP contribution in [0, 0.1) is 0 Å². The predicted octanol–water partition coefficient (Wildman–Crippen LogP) is 2.59. The Labute approximate surface area is 154 Å². The normalized spacial score (nSPS) is 23.0. The maximum absolute atomic E-state index is 4.83. The van der Waals surface area contributed by atoms with Crippen LogP contribution in [0.15, 0.2) is 41.1 Å². The molecule has 25 heavy (non-hydrogen) atoms. The number of piperidine rings is 1. The van der Waals surface area contributed by atoms with Crippen molar-refractivity contribution in [3.05, 3.63) is 46.8 Å². The van der Waals surface area contributed by atoms with Crippen molar-refractivity contribution in [2.45, 2.75) is 25.0 Å². The summed E-state index contributed by atoms with van der Waals surface area (Å²) in [5, 5.41) is 0. The first-order valence-corrected chi connectivity index (χ1v) is 9.37. The molecule has 3 aromatic heterocycles. The van der Waals surface area contributed by atoms with Gasteiger partial charge in [0, 0.05) is 55.6 Å². The summed E-state index contributed by atoms with van der Waals surface area (Å²) in [7, 11) is 2.06. The number of aryl methyl sites for hydroxylation is 1. The Hall–Kier alpha value is -1.99. The van der Waals surface area contributed by atoms with Crippen LogP contribution in [-0.4, -0.2) is 49.6 Å². The minimum absolute atomic E-state index is 0.532. The molecule has 3 fully saturated rings. The molecule has 7 heteroatoms. The fourth-order valence-electron chi connectivity index (χ4n) is 4.12. The van der Waals surface area contributed by atoms with Gasteiger partial charge in [0.25, 0.3) is 0 Å². The average Bonchev–Trinajstić information content (AvgIpc) is 2.94. The molecule has 0 N–H and O–H groups in total. The van der Waals surface area contributed by atoms with Crippen molar-refractivity contribution in [2.24, 2.45) is 7.05 Å². The third-order valence-corrected chi connectivity index (χ3v) is 5.75. The molecule has 6 rings (SSSR count). The largest absolute Gasteiger partial charge is 0.333 e. The Bertz CT molecular complexity index is 909. The number of hydrogen-bond acceptors (Lipinski definition) is 5. The van der Waals surface area contributed by atoms with Crippen LogP contribution in [0.2, 0.25) is 0 Å². The van der Waals surface area contributed by atoms with Crippen LogP contribution >= 0.6 is 15.9 Å². The zero-order valence-electron chi connectivity index (χ0n) is 14.0. The van der Waals surface area contributed by atoms with E-state index in [1.54, 1.807) is 0 Å². The van der Waals surface area contributed by atoms with Crippen molar-refractivity contribution < 1.29 is 0 Å². The number of rotatable bonds is 3. The summed E-state index contributed by atoms with van der Waals surface area (Å²) in [4.78, 5) is 18.8. The SMILES string of the molecule is Cn1c(N2C3CC2CN(Cc2ccc(Br)cn2)C3)nc2cccnc21. The summed E-state index contributed by atoms with van der Waals surface area (Å²) in [5.74, 6) is 1.05. The van der Waals surface area contributed by atoms with Gasteiger partial charge in [0.1, 0.15) is 5.52 Å². The molecule has 0 amide bonds. The fourth-order valence-corrected chi connectivity index (χ4v) is 4.36. The van der Waals surface area contributed by atoms with Crippen molar-refractivity contribution in [2.75, 3.05) is 18.0 Å². The molecule has 0 radical (unpaired) electrons. The molecule has 6 nitrogen and oxygen atoms in total. The standard InChI is InChI=1S/C18H19BrN6/c1-23-17-16(3-2-6-20-17)22-18(23)25-14-7-15(25)11-24(10-14)9-13-5-4-12(19)8-21-13/h2-6,8,14-15H,7,9-11H2,1H3. The van der Waals surface area contributed by atoms with E-state index in [0.717, 1.165) is 46.9 Å². The first-order valence-electron chi connectivity index (χ1n) is 8.57. The quantitative estimate of drug-likeness (QED) is 0.678. The third-order valence-electron chi connectivity index (χ3n) is 5.28. The summed E-state index contributed by atoms with van der Waals surface area (Å²) < 4.78 is 3.15. The maximum atomic E-state index is 4.83. The highest BCUT2D eigenvalue weighted by Gasteiger charge is 2.46. The average molecular weight is 399 g/mol. The van der Waals surface area contributed by atoms with Crippen molar-refractivity contribution in [1.82, 2.24) is 24.4 Å². The maximum Gasteiger partial charge on any atom is 0.208 e. The van der Waals surface area contributed by atoms with Crippen LogP contribution in [0.4, 0.5) is 5.95 Å². The molecule has 6 heterocycles. The molecule has 3 aliphatic rings. The Kier molecular flexibility index (Phi) is 3.53. The summed E-state index contributed by atoms with van der Waals surface area (Å²) in [6.45, 7) is 3.04. The van der Waals surface area contributed by atoms with E-state index in [9.17, 15) is 0 Å². The van der Waals surface area contributed by atoms with E-state index in [1.165, 1.54) is 6.42 Å². The zero-order chi connectivity index (χ0) is 17.0. The minimum atomic E-state index is 0.532. The second-order valence-corrected chi connectivity index (χ2v) is 7.85. The Balaban J connectivity index is 1.34. The molecule has 2 unspecified atom stereocenters. The van der Waals surface area contributed by atoms with Gasteiger partial charge in [-0.05, 0) is 46.6 Å². The van der Waals surface area contributed by atoms with Gasteiger partial charge in [0.05, 0.1) is 5.69 Å². The van der Waals surface area contributed by atoms with Gasteiger partial charge in [-0.25, -0.2) is 9.97 Å². The lowest BCUT2D eigenvalue weighted by molar-refractivity contribution is 0.105. The lowest BCUT2D eigenvalue weighted by Crippen LogP contribution is -2.69. The number of fused-ring (bicyclic) bond motifs is 3. The topological polar surface area (TPSA) is 50.1 Å². The smallest absolute Gasteiger partial charge is 0.208 e. The van der Waals surface area contributed by atoms with Gasteiger partial charge in [-0.1, -0.05) is 0 Å². The van der Waals surface area contributed by atoms with Crippen molar-refractivity contribution >= 4 is 33.0 Å². The number of anilines is 1. The van der Waals surface area contributed by atoms with E-state index in [1.807, 2.05) is 24.5 Å². The Morgan fingerprint density at radius 3 is 2.72 bits per heavy atom. The highest BCUT2D eigenvalue weighted by molar-refractivity contribution is 9.10. The van der Waals surface area contributed by atoms with Gasteiger partial charge in [-0.3, -0.25) is 14.5 Å². The van der Waals surface area contributed by atoms with E-state index in [2.05, 4.69) is 59.4 Å². The monoisotopic (exact) mass is 398 g/mol. The number of imidazole rings is 1. The number of nitrogens with zero attached hydrogens (tertiary/aromatic N) is 6. The first kappa shape index (κ1) is 15.3. The van der Waals surface area contributed by atoms with Gasteiger partial charge >= 0.3 is 0 Å². The van der Waals surface area contributed by atoms with Crippen molar-refractivity contribution in [3.63, 3.8) is 0 Å². The van der Waals surface area contributed by atoms with Gasteiger partial charge < -0.3 is 4.90 Å². The molecule has 3 aromatic rings. The molecule has 0 aromatic carbocycles. The molecule has 3 saturated heterocycles. The lowest BCUT2D eigenvalue weighted by atomic mass is 9.88. The Morgan fingerprint density at radius 1 is 1.16 bits per heavy atom. The van der Waals surface area contributed by atoms with E-state index < -0.39 is 0 Å².